The summed E-state index contributed by atoms with van der Waals surface area (Å²) in [5.41, 5.74) is 0.823. The molecule has 8 nitrogen and oxygen atoms in total. The van der Waals surface area contributed by atoms with Crippen molar-refractivity contribution in [3.8, 4) is 0 Å². The van der Waals surface area contributed by atoms with Gasteiger partial charge in [-0.25, -0.2) is 9.78 Å². The Morgan fingerprint density at radius 3 is 2.65 bits per heavy atom. The first kappa shape index (κ1) is 18.6. The first-order valence-corrected chi connectivity index (χ1v) is 9.09. The van der Waals surface area contributed by atoms with Crippen molar-refractivity contribution in [3.63, 3.8) is 0 Å². The van der Waals surface area contributed by atoms with Gasteiger partial charge in [0.25, 0.3) is 0 Å². The van der Waals surface area contributed by atoms with Gasteiger partial charge in [0.15, 0.2) is 0 Å². The fourth-order valence-electron chi connectivity index (χ4n) is 3.20. The highest BCUT2D eigenvalue weighted by atomic mass is 16.5. The lowest BCUT2D eigenvalue weighted by Gasteiger charge is -2.32. The molecule has 1 fully saturated rings. The Kier molecular flexibility index (Phi) is 5.73. The number of esters is 1. The second-order valence-corrected chi connectivity index (χ2v) is 6.62. The molecule has 0 unspecified atom stereocenters. The number of rotatable bonds is 6. The standard InChI is InChI=1S/C18H27N5O3/c1-5-25-18(24)14-12(2)26-17-15(14)16(20-13(3)21-17)19-6-7-23-10-8-22(4)9-11-23/h5-11H2,1-4H3,(H,19,20,21). The zero-order valence-corrected chi connectivity index (χ0v) is 16.0. The van der Waals surface area contributed by atoms with Crippen LogP contribution in [0, 0.1) is 13.8 Å². The average Bonchev–Trinajstić information content (AvgIpc) is 2.92. The van der Waals surface area contributed by atoms with Crippen LogP contribution in [0.5, 0.6) is 0 Å². The Balaban J connectivity index is 1.79. The Morgan fingerprint density at radius 2 is 1.96 bits per heavy atom. The molecule has 0 radical (unpaired) electrons. The summed E-state index contributed by atoms with van der Waals surface area (Å²) < 4.78 is 10.9. The number of likely N-dealkylation sites (N-methyl/N-ethyl adjacent to an activating group) is 1. The third kappa shape index (κ3) is 3.96. The van der Waals surface area contributed by atoms with Crippen LogP contribution in [0.1, 0.15) is 28.9 Å². The maximum absolute atomic E-state index is 12.4. The van der Waals surface area contributed by atoms with Gasteiger partial charge in [0.2, 0.25) is 5.71 Å². The van der Waals surface area contributed by atoms with Crippen molar-refractivity contribution in [3.05, 3.63) is 17.1 Å². The van der Waals surface area contributed by atoms with Gasteiger partial charge < -0.3 is 19.4 Å². The third-order valence-electron chi connectivity index (χ3n) is 4.64. The van der Waals surface area contributed by atoms with Gasteiger partial charge in [0, 0.05) is 39.3 Å². The minimum atomic E-state index is -0.404. The number of hydrogen-bond acceptors (Lipinski definition) is 8. The summed E-state index contributed by atoms with van der Waals surface area (Å²) in [5, 5.41) is 3.97. The normalized spacial score (nSPS) is 16.2. The number of nitrogens with zero attached hydrogens (tertiary/aromatic N) is 4. The Bertz CT molecular complexity index is 781. The number of nitrogens with one attached hydrogen (secondary N) is 1. The van der Waals surface area contributed by atoms with Gasteiger partial charge in [0.05, 0.1) is 12.0 Å². The van der Waals surface area contributed by atoms with Crippen LogP contribution in [0.2, 0.25) is 0 Å². The second kappa shape index (κ2) is 8.01. The summed E-state index contributed by atoms with van der Waals surface area (Å²) in [4.78, 5) is 25.9. The van der Waals surface area contributed by atoms with Crippen LogP contribution in [0.25, 0.3) is 11.1 Å². The highest BCUT2D eigenvalue weighted by Crippen LogP contribution is 2.30. The van der Waals surface area contributed by atoms with Crippen molar-refractivity contribution >= 4 is 22.9 Å². The summed E-state index contributed by atoms with van der Waals surface area (Å²) in [7, 11) is 2.15. The van der Waals surface area contributed by atoms with E-state index in [4.69, 9.17) is 9.15 Å². The van der Waals surface area contributed by atoms with Gasteiger partial charge in [-0.05, 0) is 27.8 Å². The maximum atomic E-state index is 12.4. The van der Waals surface area contributed by atoms with Gasteiger partial charge in [0.1, 0.15) is 23.0 Å². The van der Waals surface area contributed by atoms with Crippen molar-refractivity contribution in [1.82, 2.24) is 19.8 Å². The number of anilines is 1. The van der Waals surface area contributed by atoms with E-state index in [1.165, 1.54) is 0 Å². The quantitative estimate of drug-likeness (QED) is 0.778. The summed E-state index contributed by atoms with van der Waals surface area (Å²) in [6.45, 7) is 11.6. The molecular formula is C18H27N5O3. The van der Waals surface area contributed by atoms with Gasteiger partial charge >= 0.3 is 5.97 Å². The number of piperazine rings is 1. The maximum Gasteiger partial charge on any atom is 0.342 e. The molecule has 0 aromatic carbocycles. The minimum absolute atomic E-state index is 0.309. The number of aryl methyl sites for hydroxylation is 2. The Labute approximate surface area is 153 Å². The van der Waals surface area contributed by atoms with Crippen molar-refractivity contribution < 1.29 is 13.9 Å². The number of carbonyl (C=O) groups is 1. The molecule has 0 saturated carbocycles. The largest absolute Gasteiger partial charge is 0.462 e. The topological polar surface area (TPSA) is 83.7 Å². The SMILES string of the molecule is CCOC(=O)c1c(C)oc2nc(C)nc(NCCN3CCN(C)CC3)c12. The average molecular weight is 361 g/mol. The lowest BCUT2D eigenvalue weighted by molar-refractivity contribution is 0.0526. The molecule has 1 saturated heterocycles. The van der Waals surface area contributed by atoms with Crippen LogP contribution in [-0.2, 0) is 4.74 Å². The molecule has 1 aliphatic rings. The van der Waals surface area contributed by atoms with Crippen LogP contribution >= 0.6 is 0 Å². The molecule has 0 bridgehead atoms. The van der Waals surface area contributed by atoms with E-state index in [2.05, 4.69) is 32.1 Å². The lowest BCUT2D eigenvalue weighted by atomic mass is 10.2. The molecule has 2 aromatic heterocycles. The van der Waals surface area contributed by atoms with Crippen LogP contribution in [0.15, 0.2) is 4.42 Å². The van der Waals surface area contributed by atoms with E-state index in [9.17, 15) is 4.79 Å². The van der Waals surface area contributed by atoms with Crippen LogP contribution in [0.3, 0.4) is 0 Å². The monoisotopic (exact) mass is 361 g/mol. The zero-order chi connectivity index (χ0) is 18.7. The molecule has 0 spiro atoms. The number of fused-ring (bicyclic) bond motifs is 1. The highest BCUT2D eigenvalue weighted by molar-refractivity contribution is 6.07. The van der Waals surface area contributed by atoms with E-state index in [0.29, 0.717) is 40.7 Å². The number of ether oxygens (including phenoxy) is 1. The van der Waals surface area contributed by atoms with E-state index < -0.39 is 5.97 Å². The fraction of sp³-hybridized carbons (Fsp3) is 0.611. The predicted octanol–water partition coefficient (Wildman–Crippen LogP) is 1.68. The van der Waals surface area contributed by atoms with E-state index in [-0.39, 0.29) is 0 Å². The van der Waals surface area contributed by atoms with Crippen molar-refractivity contribution in [1.29, 1.82) is 0 Å². The predicted molar refractivity (Wildman–Crippen MR) is 99.7 cm³/mol. The minimum Gasteiger partial charge on any atom is -0.462 e. The Hall–Kier alpha value is -2.19. The highest BCUT2D eigenvalue weighted by Gasteiger charge is 2.24. The lowest BCUT2D eigenvalue weighted by Crippen LogP contribution is -2.45. The van der Waals surface area contributed by atoms with Gasteiger partial charge in [-0.2, -0.15) is 4.98 Å². The number of carbonyl (C=O) groups excluding carboxylic acids is 1. The summed E-state index contributed by atoms with van der Waals surface area (Å²) in [6.07, 6.45) is 0. The molecule has 2 aromatic rings. The van der Waals surface area contributed by atoms with Crippen molar-refractivity contribution in [2.24, 2.45) is 0 Å². The molecule has 3 heterocycles. The molecular weight excluding hydrogens is 334 g/mol. The molecule has 0 amide bonds. The van der Waals surface area contributed by atoms with E-state index in [1.807, 2.05) is 6.92 Å². The summed E-state index contributed by atoms with van der Waals surface area (Å²) in [6, 6.07) is 0. The van der Waals surface area contributed by atoms with Crippen LogP contribution in [-0.4, -0.2) is 78.7 Å². The van der Waals surface area contributed by atoms with E-state index in [1.54, 1.807) is 13.8 Å². The molecule has 1 aliphatic heterocycles. The Morgan fingerprint density at radius 1 is 1.23 bits per heavy atom. The van der Waals surface area contributed by atoms with Crippen molar-refractivity contribution in [2.75, 3.05) is 58.2 Å². The summed E-state index contributed by atoms with van der Waals surface area (Å²) in [5.74, 6) is 1.32. The molecule has 3 rings (SSSR count). The van der Waals surface area contributed by atoms with Crippen LogP contribution in [0.4, 0.5) is 5.82 Å². The smallest absolute Gasteiger partial charge is 0.342 e. The van der Waals surface area contributed by atoms with E-state index >= 15 is 0 Å². The van der Waals surface area contributed by atoms with E-state index in [0.717, 1.165) is 39.3 Å². The van der Waals surface area contributed by atoms with Gasteiger partial charge in [-0.15, -0.1) is 0 Å². The summed E-state index contributed by atoms with van der Waals surface area (Å²) >= 11 is 0. The molecule has 0 aliphatic carbocycles. The fourth-order valence-corrected chi connectivity index (χ4v) is 3.20. The second-order valence-electron chi connectivity index (χ2n) is 6.62. The van der Waals surface area contributed by atoms with Gasteiger partial charge in [-0.1, -0.05) is 0 Å². The first-order valence-electron chi connectivity index (χ1n) is 9.09. The van der Waals surface area contributed by atoms with Gasteiger partial charge in [-0.3, -0.25) is 4.90 Å². The van der Waals surface area contributed by atoms with Crippen molar-refractivity contribution in [2.45, 2.75) is 20.8 Å². The number of aromatic nitrogens is 2. The zero-order valence-electron chi connectivity index (χ0n) is 16.0. The van der Waals surface area contributed by atoms with Crippen LogP contribution < -0.4 is 5.32 Å². The molecule has 8 heteroatoms. The third-order valence-corrected chi connectivity index (χ3v) is 4.64. The molecule has 26 heavy (non-hydrogen) atoms. The first-order chi connectivity index (χ1) is 12.5. The number of furan rings is 1. The molecule has 142 valence electrons. The number of hydrogen-bond donors (Lipinski definition) is 1. The molecule has 1 N–H and O–H groups in total. The molecule has 0 atom stereocenters.